The van der Waals surface area contributed by atoms with E-state index in [2.05, 4.69) is 20.9 Å². The molecule has 3 heteroatoms. The zero-order chi connectivity index (χ0) is 13.0. The number of para-hydroxylation sites is 1. The minimum atomic E-state index is 0.581. The molecule has 0 radical (unpaired) electrons. The van der Waals surface area contributed by atoms with E-state index < -0.39 is 0 Å². The summed E-state index contributed by atoms with van der Waals surface area (Å²) >= 11 is 3.46. The number of pyridine rings is 1. The smallest absolute Gasteiger partial charge is 0.233 e. The van der Waals surface area contributed by atoms with Crippen LogP contribution in [0.1, 0.15) is 18.1 Å². The predicted octanol–water partition coefficient (Wildman–Crippen LogP) is 4.98. The van der Waals surface area contributed by atoms with Crippen LogP contribution in [0.2, 0.25) is 0 Å². The van der Waals surface area contributed by atoms with Crippen LogP contribution in [-0.4, -0.2) is 4.98 Å². The molecule has 2 aromatic rings. The molecule has 0 N–H and O–H groups in total. The van der Waals surface area contributed by atoms with Crippen LogP contribution in [0.4, 0.5) is 0 Å². The Hall–Kier alpha value is -1.61. The van der Waals surface area contributed by atoms with Crippen molar-refractivity contribution in [2.24, 2.45) is 0 Å². The summed E-state index contributed by atoms with van der Waals surface area (Å²) in [5.74, 6) is 1.38. The van der Waals surface area contributed by atoms with E-state index in [4.69, 9.17) is 4.74 Å². The van der Waals surface area contributed by atoms with Crippen molar-refractivity contribution in [2.45, 2.75) is 13.8 Å². The standard InChI is InChI=1S/C15H14BrNO/c1-3-6-12-7-4-5-8-14(12)18-15-13(16)9-11(2)10-17-15/h3-10H,1-2H3/b6-3+. The van der Waals surface area contributed by atoms with Crippen LogP contribution < -0.4 is 4.74 Å². The normalized spacial score (nSPS) is 10.8. The molecule has 0 saturated carbocycles. The van der Waals surface area contributed by atoms with Gasteiger partial charge in [-0.25, -0.2) is 4.98 Å². The van der Waals surface area contributed by atoms with E-state index in [1.807, 2.05) is 56.3 Å². The SMILES string of the molecule is C/C=C/c1ccccc1Oc1ncc(C)cc1Br. The first kappa shape index (κ1) is 12.8. The molecule has 2 rings (SSSR count). The Morgan fingerprint density at radius 3 is 2.78 bits per heavy atom. The maximum Gasteiger partial charge on any atom is 0.233 e. The average Bonchev–Trinajstić information content (AvgIpc) is 2.35. The third-order valence-corrected chi connectivity index (χ3v) is 2.98. The summed E-state index contributed by atoms with van der Waals surface area (Å²) in [7, 11) is 0. The number of ether oxygens (including phenoxy) is 1. The lowest BCUT2D eigenvalue weighted by Crippen LogP contribution is -1.91. The Kier molecular flexibility index (Phi) is 4.15. The molecule has 0 spiro atoms. The van der Waals surface area contributed by atoms with Gasteiger partial charge in [-0.05, 0) is 47.5 Å². The molecule has 92 valence electrons. The largest absolute Gasteiger partial charge is 0.437 e. The lowest BCUT2D eigenvalue weighted by Gasteiger charge is -2.09. The van der Waals surface area contributed by atoms with E-state index in [-0.39, 0.29) is 0 Å². The fraction of sp³-hybridized carbons (Fsp3) is 0.133. The van der Waals surface area contributed by atoms with E-state index in [1.165, 1.54) is 0 Å². The van der Waals surface area contributed by atoms with Gasteiger partial charge >= 0.3 is 0 Å². The zero-order valence-electron chi connectivity index (χ0n) is 10.4. The highest BCUT2D eigenvalue weighted by atomic mass is 79.9. The third-order valence-electron chi connectivity index (χ3n) is 2.42. The van der Waals surface area contributed by atoms with Crippen LogP contribution in [-0.2, 0) is 0 Å². The van der Waals surface area contributed by atoms with Crippen LogP contribution in [0, 0.1) is 6.92 Å². The van der Waals surface area contributed by atoms with Gasteiger partial charge in [0.15, 0.2) is 0 Å². The van der Waals surface area contributed by atoms with Gasteiger partial charge in [0.2, 0.25) is 5.88 Å². The topological polar surface area (TPSA) is 22.1 Å². The van der Waals surface area contributed by atoms with Crippen LogP contribution in [0.5, 0.6) is 11.6 Å². The van der Waals surface area contributed by atoms with E-state index in [1.54, 1.807) is 6.20 Å². The van der Waals surface area contributed by atoms with Crippen LogP contribution in [0.3, 0.4) is 0 Å². The summed E-state index contributed by atoms with van der Waals surface area (Å²) in [5, 5.41) is 0. The fourth-order valence-corrected chi connectivity index (χ4v) is 2.14. The Morgan fingerprint density at radius 2 is 2.06 bits per heavy atom. The molecule has 0 saturated heterocycles. The van der Waals surface area contributed by atoms with Crippen molar-refractivity contribution in [3.63, 3.8) is 0 Å². The van der Waals surface area contributed by atoms with Crippen molar-refractivity contribution < 1.29 is 4.74 Å². The number of nitrogens with zero attached hydrogens (tertiary/aromatic N) is 1. The number of hydrogen-bond acceptors (Lipinski definition) is 2. The number of aromatic nitrogens is 1. The number of allylic oxidation sites excluding steroid dienone is 1. The highest BCUT2D eigenvalue weighted by molar-refractivity contribution is 9.10. The van der Waals surface area contributed by atoms with Gasteiger partial charge in [-0.3, -0.25) is 0 Å². The number of benzene rings is 1. The third kappa shape index (κ3) is 2.99. The van der Waals surface area contributed by atoms with Crippen molar-refractivity contribution >= 4 is 22.0 Å². The molecule has 1 aromatic carbocycles. The first-order valence-electron chi connectivity index (χ1n) is 5.72. The molecule has 0 atom stereocenters. The van der Waals surface area contributed by atoms with Gasteiger partial charge < -0.3 is 4.74 Å². The van der Waals surface area contributed by atoms with E-state index in [0.29, 0.717) is 5.88 Å². The first-order chi connectivity index (χ1) is 8.70. The fourth-order valence-electron chi connectivity index (χ4n) is 1.59. The Morgan fingerprint density at radius 1 is 1.28 bits per heavy atom. The zero-order valence-corrected chi connectivity index (χ0v) is 11.9. The van der Waals surface area contributed by atoms with Gasteiger partial charge in [-0.15, -0.1) is 0 Å². The summed E-state index contributed by atoms with van der Waals surface area (Å²) in [6.07, 6.45) is 5.79. The summed E-state index contributed by atoms with van der Waals surface area (Å²) < 4.78 is 6.70. The quantitative estimate of drug-likeness (QED) is 0.798. The number of rotatable bonds is 3. The Balaban J connectivity index is 2.34. The van der Waals surface area contributed by atoms with Crippen molar-refractivity contribution in [3.8, 4) is 11.6 Å². The van der Waals surface area contributed by atoms with E-state index in [0.717, 1.165) is 21.3 Å². The monoisotopic (exact) mass is 303 g/mol. The van der Waals surface area contributed by atoms with Crippen LogP contribution in [0.25, 0.3) is 6.08 Å². The molecule has 0 fully saturated rings. The van der Waals surface area contributed by atoms with Gasteiger partial charge in [0.25, 0.3) is 0 Å². The molecule has 1 heterocycles. The van der Waals surface area contributed by atoms with Gasteiger partial charge in [0, 0.05) is 11.8 Å². The number of aryl methyl sites for hydroxylation is 1. The summed E-state index contributed by atoms with van der Waals surface area (Å²) in [6.45, 7) is 3.98. The van der Waals surface area contributed by atoms with Crippen molar-refractivity contribution in [3.05, 3.63) is 58.2 Å². The number of halogens is 1. The molecule has 0 amide bonds. The molecule has 2 nitrogen and oxygen atoms in total. The second kappa shape index (κ2) is 5.83. The summed E-state index contributed by atoms with van der Waals surface area (Å²) in [4.78, 5) is 4.28. The highest BCUT2D eigenvalue weighted by Crippen LogP contribution is 2.30. The van der Waals surface area contributed by atoms with Crippen molar-refractivity contribution in [1.82, 2.24) is 4.98 Å². The van der Waals surface area contributed by atoms with Crippen molar-refractivity contribution in [1.29, 1.82) is 0 Å². The maximum absolute atomic E-state index is 5.84. The van der Waals surface area contributed by atoms with Crippen LogP contribution in [0.15, 0.2) is 47.1 Å². The second-order valence-corrected chi connectivity index (χ2v) is 4.79. The molecular weight excluding hydrogens is 290 g/mol. The molecule has 0 aliphatic rings. The van der Waals surface area contributed by atoms with E-state index >= 15 is 0 Å². The van der Waals surface area contributed by atoms with Crippen LogP contribution >= 0.6 is 15.9 Å². The van der Waals surface area contributed by atoms with Gasteiger partial charge in [0.05, 0.1) is 4.47 Å². The lowest BCUT2D eigenvalue weighted by molar-refractivity contribution is 0.458. The summed E-state index contributed by atoms with van der Waals surface area (Å²) in [5.41, 5.74) is 2.13. The van der Waals surface area contributed by atoms with Gasteiger partial charge in [-0.1, -0.05) is 30.4 Å². The molecule has 18 heavy (non-hydrogen) atoms. The average molecular weight is 304 g/mol. The molecule has 1 aromatic heterocycles. The highest BCUT2D eigenvalue weighted by Gasteiger charge is 2.06. The maximum atomic E-state index is 5.84. The minimum Gasteiger partial charge on any atom is -0.437 e. The lowest BCUT2D eigenvalue weighted by atomic mass is 10.2. The van der Waals surface area contributed by atoms with Gasteiger partial charge in [-0.2, -0.15) is 0 Å². The summed E-state index contributed by atoms with van der Waals surface area (Å²) in [6, 6.07) is 9.87. The molecule has 0 unspecified atom stereocenters. The molecular formula is C15H14BrNO. The van der Waals surface area contributed by atoms with E-state index in [9.17, 15) is 0 Å². The Labute approximate surface area is 115 Å². The molecule has 0 aliphatic heterocycles. The predicted molar refractivity (Wildman–Crippen MR) is 77.9 cm³/mol. The minimum absolute atomic E-state index is 0.581. The molecule has 0 bridgehead atoms. The first-order valence-corrected chi connectivity index (χ1v) is 6.51. The number of hydrogen-bond donors (Lipinski definition) is 0. The van der Waals surface area contributed by atoms with Gasteiger partial charge in [0.1, 0.15) is 5.75 Å². The molecule has 0 aliphatic carbocycles. The van der Waals surface area contributed by atoms with Crippen molar-refractivity contribution in [2.75, 3.05) is 0 Å². The second-order valence-electron chi connectivity index (χ2n) is 3.94. The Bertz CT molecular complexity index is 578.